The molecule has 252 valence electrons. The van der Waals surface area contributed by atoms with E-state index < -0.39 is 40.7 Å². The minimum atomic E-state index is -4.06. The lowest BCUT2D eigenvalue weighted by Gasteiger charge is -2.34. The summed E-state index contributed by atoms with van der Waals surface area (Å²) in [4.78, 5) is 33.5. The Morgan fingerprint density at radius 3 is 2.40 bits per heavy atom. The number of aliphatic carboxylic acids is 1. The molecule has 0 radical (unpaired) electrons. The largest absolute Gasteiger partial charge is 0.493 e. The van der Waals surface area contributed by atoms with Crippen molar-refractivity contribution in [3.8, 4) is 28.6 Å². The standard InChI is InChI=1S/C35H37N3O9S/c1-44-31-17-11-24(21-32(31)45-2)10-16-30(26-7-5-8-27(22-26)46-23-33(39)40)47-35(41)29-9-3-4-20-38(29)48(42,43)28-14-12-25(13-15-28)34-36-18-6-19-37-34/h5-8,11-15,17-19,21-22,29-30H,3-4,9-10,16,20,23H2,1-2H3,(H,39,40)/t29-,30+/m0/s1. The first-order valence-electron chi connectivity index (χ1n) is 15.4. The van der Waals surface area contributed by atoms with Gasteiger partial charge in [-0.05, 0) is 97.8 Å². The fourth-order valence-electron chi connectivity index (χ4n) is 5.58. The lowest BCUT2D eigenvalue weighted by atomic mass is 10.00. The Bertz CT molecular complexity index is 1820. The molecule has 0 aliphatic carbocycles. The van der Waals surface area contributed by atoms with E-state index in [2.05, 4.69) is 9.97 Å². The predicted molar refractivity (Wildman–Crippen MR) is 175 cm³/mol. The number of ether oxygens (including phenoxy) is 4. The molecule has 0 spiro atoms. The highest BCUT2D eigenvalue weighted by molar-refractivity contribution is 7.89. The number of aromatic nitrogens is 2. The van der Waals surface area contributed by atoms with Gasteiger partial charge in [-0.1, -0.05) is 18.2 Å². The smallest absolute Gasteiger partial charge is 0.341 e. The van der Waals surface area contributed by atoms with Crippen LogP contribution in [0.3, 0.4) is 0 Å². The molecule has 0 saturated carbocycles. The summed E-state index contributed by atoms with van der Waals surface area (Å²) in [7, 11) is -0.959. The number of carbonyl (C=O) groups excluding carboxylic acids is 1. The van der Waals surface area contributed by atoms with Gasteiger partial charge in [-0.2, -0.15) is 4.31 Å². The van der Waals surface area contributed by atoms with Crippen molar-refractivity contribution in [2.75, 3.05) is 27.4 Å². The number of carbonyl (C=O) groups is 2. The van der Waals surface area contributed by atoms with E-state index in [1.165, 1.54) is 16.4 Å². The third-order valence-corrected chi connectivity index (χ3v) is 9.93. The first-order chi connectivity index (χ1) is 23.2. The maximum atomic E-state index is 13.9. The van der Waals surface area contributed by atoms with Crippen molar-refractivity contribution < 1.29 is 42.1 Å². The summed E-state index contributed by atoms with van der Waals surface area (Å²) in [5.74, 6) is 0.111. The van der Waals surface area contributed by atoms with Gasteiger partial charge in [-0.15, -0.1) is 0 Å². The van der Waals surface area contributed by atoms with Gasteiger partial charge >= 0.3 is 11.9 Å². The Morgan fingerprint density at radius 1 is 0.938 bits per heavy atom. The van der Waals surface area contributed by atoms with E-state index in [1.807, 2.05) is 12.1 Å². The van der Waals surface area contributed by atoms with E-state index in [-0.39, 0.29) is 11.4 Å². The van der Waals surface area contributed by atoms with Gasteiger partial charge in [0.1, 0.15) is 17.9 Å². The second kappa shape index (κ2) is 15.7. The second-order valence-corrected chi connectivity index (χ2v) is 13.0. The van der Waals surface area contributed by atoms with Gasteiger partial charge in [0.05, 0.1) is 19.1 Å². The van der Waals surface area contributed by atoms with Crippen LogP contribution in [0.4, 0.5) is 0 Å². The van der Waals surface area contributed by atoms with Crippen LogP contribution in [-0.2, 0) is 30.8 Å². The predicted octanol–water partition coefficient (Wildman–Crippen LogP) is 5.08. The second-order valence-electron chi connectivity index (χ2n) is 11.1. The summed E-state index contributed by atoms with van der Waals surface area (Å²) >= 11 is 0. The van der Waals surface area contributed by atoms with Crippen LogP contribution in [0.5, 0.6) is 17.2 Å². The summed E-state index contributed by atoms with van der Waals surface area (Å²) in [5, 5.41) is 9.07. The zero-order valence-corrected chi connectivity index (χ0v) is 27.5. The fourth-order valence-corrected chi connectivity index (χ4v) is 7.23. The number of carboxylic acid groups (broad SMARTS) is 1. The molecule has 0 amide bonds. The Kier molecular flexibility index (Phi) is 11.2. The summed E-state index contributed by atoms with van der Waals surface area (Å²) in [6, 6.07) is 19.1. The van der Waals surface area contributed by atoms with Gasteiger partial charge in [0.15, 0.2) is 23.9 Å². The van der Waals surface area contributed by atoms with Crippen molar-refractivity contribution in [2.24, 2.45) is 0 Å². The number of methoxy groups -OCH3 is 2. The summed E-state index contributed by atoms with van der Waals surface area (Å²) in [5.41, 5.74) is 2.14. The van der Waals surface area contributed by atoms with Crippen LogP contribution in [-0.4, -0.2) is 73.1 Å². The Morgan fingerprint density at radius 2 is 1.69 bits per heavy atom. The highest BCUT2D eigenvalue weighted by Crippen LogP contribution is 2.33. The normalized spacial score (nSPS) is 15.7. The van der Waals surface area contributed by atoms with Gasteiger partial charge in [0.25, 0.3) is 0 Å². The lowest BCUT2D eigenvalue weighted by Crippen LogP contribution is -2.48. The molecule has 1 fully saturated rings. The number of rotatable bonds is 14. The number of sulfonamides is 1. The molecule has 12 nitrogen and oxygen atoms in total. The highest BCUT2D eigenvalue weighted by Gasteiger charge is 2.39. The minimum Gasteiger partial charge on any atom is -0.493 e. The number of benzene rings is 3. The Labute approximate surface area is 279 Å². The maximum absolute atomic E-state index is 13.9. The summed E-state index contributed by atoms with van der Waals surface area (Å²) < 4.78 is 51.3. The number of piperidine rings is 1. The van der Waals surface area contributed by atoms with Crippen LogP contribution in [0.2, 0.25) is 0 Å². The molecule has 5 rings (SSSR count). The molecule has 2 atom stereocenters. The molecule has 1 saturated heterocycles. The monoisotopic (exact) mass is 675 g/mol. The van der Waals surface area contributed by atoms with Gasteiger partial charge in [-0.3, -0.25) is 4.79 Å². The molecule has 4 aromatic rings. The quantitative estimate of drug-likeness (QED) is 0.178. The number of esters is 1. The molecule has 0 unspecified atom stereocenters. The molecule has 3 aromatic carbocycles. The molecule has 1 aromatic heterocycles. The number of nitrogens with zero attached hydrogens (tertiary/aromatic N) is 3. The fraction of sp³-hybridized carbons (Fsp3) is 0.314. The SMILES string of the molecule is COc1ccc(CC[C@@H](OC(=O)[C@@H]2CCCCN2S(=O)(=O)c2ccc(-c3ncccn3)cc2)c2cccc(OCC(=O)O)c2)cc1OC. The van der Waals surface area contributed by atoms with Crippen molar-refractivity contribution in [1.82, 2.24) is 14.3 Å². The molecular weight excluding hydrogens is 638 g/mol. The van der Waals surface area contributed by atoms with Crippen molar-refractivity contribution in [2.45, 2.75) is 49.1 Å². The van der Waals surface area contributed by atoms with Crippen molar-refractivity contribution in [1.29, 1.82) is 0 Å². The third kappa shape index (κ3) is 8.28. The Hall–Kier alpha value is -5.01. The number of hydrogen-bond donors (Lipinski definition) is 1. The molecular formula is C35H37N3O9S. The third-order valence-electron chi connectivity index (χ3n) is 8.00. The van der Waals surface area contributed by atoms with E-state index in [9.17, 15) is 18.0 Å². The van der Waals surface area contributed by atoms with Crippen LogP contribution >= 0.6 is 0 Å². The average molecular weight is 676 g/mol. The summed E-state index contributed by atoms with van der Waals surface area (Å²) in [6.45, 7) is -0.367. The first kappa shape index (κ1) is 34.3. The molecule has 1 aliphatic rings. The van der Waals surface area contributed by atoms with E-state index in [0.29, 0.717) is 66.3 Å². The van der Waals surface area contributed by atoms with Crippen molar-refractivity contribution in [3.63, 3.8) is 0 Å². The lowest BCUT2D eigenvalue weighted by molar-refractivity contribution is -0.155. The minimum absolute atomic E-state index is 0.0511. The molecule has 0 bridgehead atoms. The summed E-state index contributed by atoms with van der Waals surface area (Å²) in [6.07, 6.45) is 4.80. The number of carboxylic acids is 1. The van der Waals surface area contributed by atoms with Crippen LogP contribution in [0.1, 0.15) is 42.9 Å². The molecule has 48 heavy (non-hydrogen) atoms. The topological polar surface area (TPSA) is 154 Å². The van der Waals surface area contributed by atoms with E-state index >= 15 is 0 Å². The van der Waals surface area contributed by atoms with Gasteiger partial charge < -0.3 is 24.1 Å². The van der Waals surface area contributed by atoms with Crippen molar-refractivity contribution >= 4 is 22.0 Å². The Balaban J connectivity index is 1.39. The van der Waals surface area contributed by atoms with Crippen molar-refractivity contribution in [3.05, 3.63) is 96.3 Å². The highest BCUT2D eigenvalue weighted by atomic mass is 32.2. The number of hydrogen-bond acceptors (Lipinski definition) is 10. The zero-order chi connectivity index (χ0) is 34.1. The van der Waals surface area contributed by atoms with Crippen LogP contribution < -0.4 is 14.2 Å². The van der Waals surface area contributed by atoms with Crippen LogP contribution in [0, 0.1) is 0 Å². The van der Waals surface area contributed by atoms with Crippen LogP contribution in [0.25, 0.3) is 11.4 Å². The van der Waals surface area contributed by atoms with Gasteiger partial charge in [0, 0.05) is 24.5 Å². The maximum Gasteiger partial charge on any atom is 0.341 e. The van der Waals surface area contributed by atoms with E-state index in [4.69, 9.17) is 24.1 Å². The zero-order valence-electron chi connectivity index (χ0n) is 26.7. The number of aryl methyl sites for hydroxylation is 1. The van der Waals surface area contributed by atoms with Crippen LogP contribution in [0.15, 0.2) is 90.1 Å². The molecule has 1 N–H and O–H groups in total. The average Bonchev–Trinajstić information content (AvgIpc) is 3.12. The van der Waals surface area contributed by atoms with Gasteiger partial charge in [0.2, 0.25) is 10.0 Å². The van der Waals surface area contributed by atoms with Gasteiger partial charge in [-0.25, -0.2) is 23.2 Å². The van der Waals surface area contributed by atoms with E-state index in [1.54, 1.807) is 75.1 Å². The van der Waals surface area contributed by atoms with E-state index in [0.717, 1.165) is 5.56 Å². The molecule has 2 heterocycles. The first-order valence-corrected chi connectivity index (χ1v) is 16.9. The molecule has 13 heteroatoms. The molecule has 1 aliphatic heterocycles.